The van der Waals surface area contributed by atoms with Gasteiger partial charge in [-0.25, -0.2) is 0 Å². The predicted octanol–water partition coefficient (Wildman–Crippen LogP) is 2.56. The Morgan fingerprint density at radius 1 is 1.32 bits per heavy atom. The van der Waals surface area contributed by atoms with E-state index in [2.05, 4.69) is 15.2 Å². The largest absolute Gasteiger partial charge is 0.334 e. The first-order valence-electron chi connectivity index (χ1n) is 6.77. The van der Waals surface area contributed by atoms with Gasteiger partial charge in [0.1, 0.15) is 12.7 Å². The highest BCUT2D eigenvalue weighted by Crippen LogP contribution is 2.24. The van der Waals surface area contributed by atoms with Crippen LogP contribution in [0, 0.1) is 0 Å². The normalized spacial score (nSPS) is 12.1. The Morgan fingerprint density at radius 3 is 2.77 bits per heavy atom. The van der Waals surface area contributed by atoms with E-state index >= 15 is 0 Å². The lowest BCUT2D eigenvalue weighted by Crippen LogP contribution is -2.29. The molecule has 1 atom stereocenters. The summed E-state index contributed by atoms with van der Waals surface area (Å²) in [7, 11) is 1.80. The third-order valence-corrected chi connectivity index (χ3v) is 4.52. The van der Waals surface area contributed by atoms with E-state index in [-0.39, 0.29) is 11.9 Å². The minimum absolute atomic E-state index is 0.0152. The van der Waals surface area contributed by atoms with Gasteiger partial charge in [-0.05, 0) is 25.1 Å². The molecule has 0 aliphatic carbocycles. The van der Waals surface area contributed by atoms with Crippen LogP contribution >= 0.6 is 11.3 Å². The lowest BCUT2D eigenvalue weighted by molar-refractivity contribution is 0.0745. The van der Waals surface area contributed by atoms with Gasteiger partial charge in [0.15, 0.2) is 0 Å². The van der Waals surface area contributed by atoms with Crippen LogP contribution in [-0.4, -0.2) is 37.6 Å². The van der Waals surface area contributed by atoms with Crippen molar-refractivity contribution in [1.82, 2.24) is 24.6 Å². The van der Waals surface area contributed by atoms with Crippen LogP contribution < -0.4 is 0 Å². The van der Waals surface area contributed by atoms with E-state index in [0.717, 1.165) is 10.6 Å². The summed E-state index contributed by atoms with van der Waals surface area (Å²) in [5.41, 5.74) is 3.26. The Hall–Kier alpha value is -2.54. The molecule has 1 unspecified atom stereocenters. The number of benzene rings is 1. The van der Waals surface area contributed by atoms with Gasteiger partial charge in [0.05, 0.1) is 11.6 Å². The maximum atomic E-state index is 12.7. The third kappa shape index (κ3) is 2.75. The predicted molar refractivity (Wildman–Crippen MR) is 84.0 cm³/mol. The van der Waals surface area contributed by atoms with Crippen molar-refractivity contribution in [2.24, 2.45) is 0 Å². The summed E-state index contributed by atoms with van der Waals surface area (Å²) < 4.78 is 1.77. The number of hydrogen-bond donors (Lipinski definition) is 0. The van der Waals surface area contributed by atoms with Crippen molar-refractivity contribution in [1.29, 1.82) is 0 Å². The van der Waals surface area contributed by atoms with Gasteiger partial charge >= 0.3 is 0 Å². The number of rotatable bonds is 4. The van der Waals surface area contributed by atoms with Crippen molar-refractivity contribution in [2.75, 3.05) is 7.05 Å². The zero-order valence-electron chi connectivity index (χ0n) is 12.2. The molecule has 0 bridgehead atoms. The Kier molecular flexibility index (Phi) is 3.97. The number of carbonyl (C=O) groups is 1. The second-order valence-electron chi connectivity index (χ2n) is 4.92. The van der Waals surface area contributed by atoms with Gasteiger partial charge < -0.3 is 4.90 Å². The highest BCUT2D eigenvalue weighted by atomic mass is 32.1. The van der Waals surface area contributed by atoms with Crippen LogP contribution in [0.5, 0.6) is 0 Å². The molecule has 112 valence electrons. The van der Waals surface area contributed by atoms with Gasteiger partial charge in [-0.2, -0.15) is 0 Å². The van der Waals surface area contributed by atoms with Crippen molar-refractivity contribution < 1.29 is 4.79 Å². The molecule has 2 heterocycles. The van der Waals surface area contributed by atoms with Crippen LogP contribution in [0.25, 0.3) is 5.69 Å². The van der Waals surface area contributed by atoms with Crippen LogP contribution in [-0.2, 0) is 0 Å². The molecular formula is C15H15N5OS. The minimum atomic E-state index is -0.0316. The van der Waals surface area contributed by atoms with Crippen LogP contribution in [0.1, 0.15) is 28.2 Å². The molecule has 1 amide bonds. The fraction of sp³-hybridized carbons (Fsp3) is 0.200. The maximum absolute atomic E-state index is 12.7. The Balaban J connectivity index is 1.84. The average Bonchev–Trinajstić information content (AvgIpc) is 3.25. The molecule has 3 rings (SSSR count). The molecule has 0 aliphatic rings. The molecule has 1 aromatic carbocycles. The van der Waals surface area contributed by atoms with E-state index in [1.165, 1.54) is 0 Å². The van der Waals surface area contributed by atoms with Crippen LogP contribution in [0.3, 0.4) is 0 Å². The van der Waals surface area contributed by atoms with Crippen molar-refractivity contribution in [3.05, 3.63) is 59.1 Å². The molecule has 0 aliphatic heterocycles. The highest BCUT2D eigenvalue weighted by Gasteiger charge is 2.20. The molecule has 0 saturated heterocycles. The summed E-state index contributed by atoms with van der Waals surface area (Å²) in [6.45, 7) is 2.00. The molecule has 0 spiro atoms. The molecule has 3 aromatic rings. The van der Waals surface area contributed by atoms with Crippen molar-refractivity contribution >= 4 is 17.2 Å². The molecule has 0 N–H and O–H groups in total. The SMILES string of the molecule is CC(c1cncs1)N(C)C(=O)c1cccc(-n2cnnc2)c1. The first-order chi connectivity index (χ1) is 10.7. The summed E-state index contributed by atoms with van der Waals surface area (Å²) in [4.78, 5) is 19.5. The highest BCUT2D eigenvalue weighted by molar-refractivity contribution is 7.09. The Labute approximate surface area is 132 Å². The molecule has 22 heavy (non-hydrogen) atoms. The molecule has 0 saturated carbocycles. The van der Waals surface area contributed by atoms with Gasteiger partial charge in [-0.1, -0.05) is 6.07 Å². The van der Waals surface area contributed by atoms with Gasteiger partial charge in [0.25, 0.3) is 5.91 Å². The monoisotopic (exact) mass is 313 g/mol. The molecule has 0 radical (unpaired) electrons. The summed E-state index contributed by atoms with van der Waals surface area (Å²) >= 11 is 1.55. The second-order valence-corrected chi connectivity index (χ2v) is 5.83. The van der Waals surface area contributed by atoms with E-state index in [9.17, 15) is 4.79 Å². The van der Waals surface area contributed by atoms with Gasteiger partial charge in [-0.3, -0.25) is 14.3 Å². The van der Waals surface area contributed by atoms with Crippen LogP contribution in [0.15, 0.2) is 48.6 Å². The van der Waals surface area contributed by atoms with Crippen LogP contribution in [0.4, 0.5) is 0 Å². The summed E-state index contributed by atoms with van der Waals surface area (Å²) in [5.74, 6) is -0.0316. The van der Waals surface area contributed by atoms with Gasteiger partial charge in [0.2, 0.25) is 0 Å². The Morgan fingerprint density at radius 2 is 2.09 bits per heavy atom. The number of aromatic nitrogens is 4. The topological polar surface area (TPSA) is 63.9 Å². The van der Waals surface area contributed by atoms with E-state index in [4.69, 9.17) is 0 Å². The van der Waals surface area contributed by atoms with Crippen molar-refractivity contribution in [3.63, 3.8) is 0 Å². The van der Waals surface area contributed by atoms with Crippen LogP contribution in [0.2, 0.25) is 0 Å². The van der Waals surface area contributed by atoms with Gasteiger partial charge in [-0.15, -0.1) is 21.5 Å². The molecule has 0 fully saturated rings. The van der Waals surface area contributed by atoms with Crippen molar-refractivity contribution in [3.8, 4) is 5.69 Å². The first kappa shape index (κ1) is 14.4. The summed E-state index contributed by atoms with van der Waals surface area (Å²) in [6.07, 6.45) is 5.01. The number of amides is 1. The maximum Gasteiger partial charge on any atom is 0.254 e. The third-order valence-electron chi connectivity index (χ3n) is 3.57. The molecule has 6 nitrogen and oxygen atoms in total. The number of hydrogen-bond acceptors (Lipinski definition) is 5. The van der Waals surface area contributed by atoms with E-state index in [0.29, 0.717) is 5.56 Å². The summed E-state index contributed by atoms with van der Waals surface area (Å²) in [6, 6.07) is 7.40. The number of thiazole rings is 1. The van der Waals surface area contributed by atoms with E-state index in [1.807, 2.05) is 31.2 Å². The van der Waals surface area contributed by atoms with Gasteiger partial charge in [0, 0.05) is 29.4 Å². The number of nitrogens with zero attached hydrogens (tertiary/aromatic N) is 5. The minimum Gasteiger partial charge on any atom is -0.334 e. The average molecular weight is 313 g/mol. The molecular weight excluding hydrogens is 298 g/mol. The number of carbonyl (C=O) groups excluding carboxylic acids is 1. The molecule has 7 heteroatoms. The quantitative estimate of drug-likeness (QED) is 0.742. The van der Waals surface area contributed by atoms with E-state index < -0.39 is 0 Å². The zero-order valence-corrected chi connectivity index (χ0v) is 13.1. The fourth-order valence-electron chi connectivity index (χ4n) is 2.14. The van der Waals surface area contributed by atoms with E-state index in [1.54, 1.807) is 52.2 Å². The first-order valence-corrected chi connectivity index (χ1v) is 7.65. The summed E-state index contributed by atoms with van der Waals surface area (Å²) in [5, 5.41) is 7.56. The molecule has 2 aromatic heterocycles. The fourth-order valence-corrected chi connectivity index (χ4v) is 2.86. The van der Waals surface area contributed by atoms with Crippen molar-refractivity contribution in [2.45, 2.75) is 13.0 Å². The lowest BCUT2D eigenvalue weighted by Gasteiger charge is -2.24. The zero-order chi connectivity index (χ0) is 15.5. The lowest BCUT2D eigenvalue weighted by atomic mass is 10.1. The smallest absolute Gasteiger partial charge is 0.254 e. The Bertz CT molecular complexity index is 754. The standard InChI is InChI=1S/C15H15N5OS/c1-11(14-7-16-10-22-14)19(2)15(21)12-4-3-5-13(6-12)20-8-17-18-9-20/h3-11H,1-2H3. The second kappa shape index (κ2) is 6.07.